The molecule has 2 heterocycles. The first-order chi connectivity index (χ1) is 13.6. The first-order valence-corrected chi connectivity index (χ1v) is 9.11. The molecule has 0 bridgehead atoms. The quantitative estimate of drug-likeness (QED) is 0.479. The molecule has 0 amide bonds. The van der Waals surface area contributed by atoms with Crippen molar-refractivity contribution in [2.45, 2.75) is 18.9 Å². The Bertz CT molecular complexity index is 1200. The van der Waals surface area contributed by atoms with Crippen LogP contribution >= 0.6 is 0 Å². The third-order valence-corrected chi connectivity index (χ3v) is 5.04. The van der Waals surface area contributed by atoms with Gasteiger partial charge in [0.25, 0.3) is 0 Å². The first-order valence-electron chi connectivity index (χ1n) is 9.11. The van der Waals surface area contributed by atoms with E-state index in [0.717, 1.165) is 41.3 Å². The topological polar surface area (TPSA) is 39.9 Å². The molecule has 0 aliphatic heterocycles. The number of ether oxygens (including phenoxy) is 1. The van der Waals surface area contributed by atoms with Crippen LogP contribution in [0.15, 0.2) is 54.9 Å². The van der Waals surface area contributed by atoms with E-state index in [4.69, 9.17) is 4.74 Å². The highest BCUT2D eigenvalue weighted by Gasteiger charge is 2.29. The summed E-state index contributed by atoms with van der Waals surface area (Å²) in [6.45, 7) is 0. The maximum absolute atomic E-state index is 13.8. The second-order valence-electron chi connectivity index (χ2n) is 6.99. The average Bonchev–Trinajstić information content (AvgIpc) is 3.50. The molecule has 140 valence electrons. The lowest BCUT2D eigenvalue weighted by Crippen LogP contribution is -1.98. The van der Waals surface area contributed by atoms with Crippen molar-refractivity contribution in [3.8, 4) is 28.3 Å². The van der Waals surface area contributed by atoms with E-state index < -0.39 is 11.6 Å². The first kappa shape index (κ1) is 16.9. The summed E-state index contributed by atoms with van der Waals surface area (Å²) in [6, 6.07) is 12.4. The van der Waals surface area contributed by atoms with Crippen LogP contribution in [0.25, 0.3) is 33.5 Å². The Morgan fingerprint density at radius 2 is 1.75 bits per heavy atom. The molecule has 0 radical (unpaired) electrons. The summed E-state index contributed by atoms with van der Waals surface area (Å²) in [5, 5.41) is 0. The Labute approximate surface area is 160 Å². The molecule has 6 heteroatoms. The highest BCUT2D eigenvalue weighted by molar-refractivity contribution is 5.82. The highest BCUT2D eigenvalue weighted by atomic mass is 19.2. The van der Waals surface area contributed by atoms with Crippen molar-refractivity contribution in [1.82, 2.24) is 14.5 Å². The summed E-state index contributed by atoms with van der Waals surface area (Å²) in [7, 11) is 1.63. The van der Waals surface area contributed by atoms with Crippen LogP contribution in [0.1, 0.15) is 18.9 Å². The second-order valence-corrected chi connectivity index (χ2v) is 6.99. The minimum atomic E-state index is -0.886. The molecular weight excluding hydrogens is 360 g/mol. The predicted octanol–water partition coefficient (Wildman–Crippen LogP) is 5.39. The number of benzene rings is 2. The fraction of sp³-hybridized carbons (Fsp3) is 0.182. The lowest BCUT2D eigenvalue weighted by atomic mass is 10.1. The Morgan fingerprint density at radius 3 is 2.54 bits per heavy atom. The van der Waals surface area contributed by atoms with Crippen molar-refractivity contribution in [2.24, 2.45) is 0 Å². The molecule has 1 fully saturated rings. The smallest absolute Gasteiger partial charge is 0.161 e. The molecule has 0 unspecified atom stereocenters. The minimum Gasteiger partial charge on any atom is -0.497 e. The summed E-state index contributed by atoms with van der Waals surface area (Å²) < 4.78 is 34.9. The summed E-state index contributed by atoms with van der Waals surface area (Å²) in [6.07, 6.45) is 5.51. The van der Waals surface area contributed by atoms with Crippen LogP contribution in [-0.2, 0) is 0 Å². The standard InChI is InChI=1S/C22H17F2N3O/c1-28-17-4-2-3-13(8-17)14-7-15(12-25-11-14)22-26-20-9-18(23)19(24)10-21(20)27(22)16-5-6-16/h2-4,7-12,16H,5-6H2,1H3. The van der Waals surface area contributed by atoms with E-state index in [9.17, 15) is 8.78 Å². The number of aromatic nitrogens is 3. The molecule has 1 aliphatic rings. The van der Waals surface area contributed by atoms with Crippen LogP contribution in [0.3, 0.4) is 0 Å². The number of fused-ring (bicyclic) bond motifs is 1. The van der Waals surface area contributed by atoms with Crippen molar-refractivity contribution in [3.05, 3.63) is 66.5 Å². The van der Waals surface area contributed by atoms with Gasteiger partial charge in [-0.2, -0.15) is 0 Å². The maximum Gasteiger partial charge on any atom is 0.161 e. The van der Waals surface area contributed by atoms with Gasteiger partial charge in [-0.1, -0.05) is 12.1 Å². The van der Waals surface area contributed by atoms with Gasteiger partial charge in [-0.25, -0.2) is 13.8 Å². The molecule has 4 aromatic rings. The van der Waals surface area contributed by atoms with Crippen LogP contribution in [0.4, 0.5) is 8.78 Å². The number of rotatable bonds is 4. The van der Waals surface area contributed by atoms with Gasteiger partial charge in [0.15, 0.2) is 11.6 Å². The normalized spacial score (nSPS) is 13.8. The largest absolute Gasteiger partial charge is 0.497 e. The molecular formula is C22H17F2N3O. The third kappa shape index (κ3) is 2.81. The van der Waals surface area contributed by atoms with E-state index in [1.54, 1.807) is 19.5 Å². The lowest BCUT2D eigenvalue weighted by Gasteiger charge is -2.09. The third-order valence-electron chi connectivity index (χ3n) is 5.04. The fourth-order valence-corrected chi connectivity index (χ4v) is 3.52. The molecule has 0 spiro atoms. The van der Waals surface area contributed by atoms with Gasteiger partial charge in [0.1, 0.15) is 11.6 Å². The Kier molecular flexibility index (Phi) is 3.86. The Balaban J connectivity index is 1.67. The van der Waals surface area contributed by atoms with Crippen LogP contribution in [0.2, 0.25) is 0 Å². The molecule has 0 saturated heterocycles. The van der Waals surface area contributed by atoms with Crippen LogP contribution in [0.5, 0.6) is 5.75 Å². The zero-order valence-electron chi connectivity index (χ0n) is 15.2. The molecule has 0 atom stereocenters. The monoisotopic (exact) mass is 377 g/mol. The van der Waals surface area contributed by atoms with Crippen LogP contribution in [-0.4, -0.2) is 21.6 Å². The number of halogens is 2. The number of methoxy groups -OCH3 is 1. The molecule has 1 aliphatic carbocycles. The maximum atomic E-state index is 13.8. The molecule has 2 aromatic carbocycles. The van der Waals surface area contributed by atoms with Gasteiger partial charge in [0.05, 0.1) is 18.1 Å². The number of imidazole rings is 1. The lowest BCUT2D eigenvalue weighted by molar-refractivity contribution is 0.415. The van der Waals surface area contributed by atoms with Crippen molar-refractivity contribution in [2.75, 3.05) is 7.11 Å². The molecule has 28 heavy (non-hydrogen) atoms. The Morgan fingerprint density at radius 1 is 0.964 bits per heavy atom. The number of nitrogens with zero attached hydrogens (tertiary/aromatic N) is 3. The average molecular weight is 377 g/mol. The van der Waals surface area contributed by atoms with Gasteiger partial charge in [0, 0.05) is 41.7 Å². The molecule has 0 N–H and O–H groups in total. The van der Waals surface area contributed by atoms with E-state index >= 15 is 0 Å². The molecule has 2 aromatic heterocycles. The number of hydrogen-bond acceptors (Lipinski definition) is 3. The van der Waals surface area contributed by atoms with Crippen LogP contribution < -0.4 is 4.74 Å². The van der Waals surface area contributed by atoms with Gasteiger partial charge in [-0.3, -0.25) is 4.98 Å². The SMILES string of the molecule is COc1cccc(-c2cncc(-c3nc4cc(F)c(F)cc4n3C3CC3)c2)c1. The van der Waals surface area contributed by atoms with Crippen molar-refractivity contribution in [3.63, 3.8) is 0 Å². The van der Waals surface area contributed by atoms with Gasteiger partial charge in [0.2, 0.25) is 0 Å². The van der Waals surface area contributed by atoms with Crippen molar-refractivity contribution >= 4 is 11.0 Å². The Hall–Kier alpha value is -3.28. The number of hydrogen-bond donors (Lipinski definition) is 0. The zero-order valence-corrected chi connectivity index (χ0v) is 15.2. The van der Waals surface area contributed by atoms with Crippen LogP contribution in [0, 0.1) is 11.6 Å². The van der Waals surface area contributed by atoms with Crippen molar-refractivity contribution in [1.29, 1.82) is 0 Å². The number of pyridine rings is 1. The zero-order chi connectivity index (χ0) is 19.3. The summed E-state index contributed by atoms with van der Waals surface area (Å²) in [5.41, 5.74) is 3.77. The van der Waals surface area contributed by atoms with E-state index in [1.165, 1.54) is 6.07 Å². The molecule has 5 rings (SSSR count). The van der Waals surface area contributed by atoms with Gasteiger partial charge in [-0.05, 0) is 36.6 Å². The van der Waals surface area contributed by atoms with E-state index in [0.29, 0.717) is 16.9 Å². The summed E-state index contributed by atoms with van der Waals surface area (Å²) >= 11 is 0. The van der Waals surface area contributed by atoms with Gasteiger partial charge < -0.3 is 9.30 Å². The van der Waals surface area contributed by atoms with Gasteiger partial charge >= 0.3 is 0 Å². The summed E-state index contributed by atoms with van der Waals surface area (Å²) in [4.78, 5) is 8.98. The predicted molar refractivity (Wildman–Crippen MR) is 103 cm³/mol. The van der Waals surface area contributed by atoms with Gasteiger partial charge in [-0.15, -0.1) is 0 Å². The molecule has 1 saturated carbocycles. The van der Waals surface area contributed by atoms with E-state index in [-0.39, 0.29) is 6.04 Å². The second kappa shape index (κ2) is 6.41. The van der Waals surface area contributed by atoms with E-state index in [1.807, 2.05) is 34.9 Å². The minimum absolute atomic E-state index is 0.255. The summed E-state index contributed by atoms with van der Waals surface area (Å²) in [5.74, 6) is -0.300. The fourth-order valence-electron chi connectivity index (χ4n) is 3.52. The van der Waals surface area contributed by atoms with Crippen molar-refractivity contribution < 1.29 is 13.5 Å². The molecule has 4 nitrogen and oxygen atoms in total. The highest BCUT2D eigenvalue weighted by Crippen LogP contribution is 2.42. The van der Waals surface area contributed by atoms with E-state index in [2.05, 4.69) is 9.97 Å².